The number of pyridine rings is 1. The third kappa shape index (κ3) is 4.85. The van der Waals surface area contributed by atoms with E-state index in [-0.39, 0.29) is 29.9 Å². The average molecular weight is 386 g/mol. The van der Waals surface area contributed by atoms with Crippen molar-refractivity contribution in [1.82, 2.24) is 20.3 Å². The van der Waals surface area contributed by atoms with Crippen LogP contribution in [0.3, 0.4) is 0 Å². The van der Waals surface area contributed by atoms with E-state index in [1.165, 1.54) is 0 Å². The van der Waals surface area contributed by atoms with Gasteiger partial charge in [0.1, 0.15) is 5.52 Å². The summed E-state index contributed by atoms with van der Waals surface area (Å²) in [6, 6.07) is 1.88. The molecule has 0 aromatic carbocycles. The molecule has 0 aliphatic heterocycles. The van der Waals surface area contributed by atoms with Crippen molar-refractivity contribution in [3.05, 3.63) is 18.0 Å². The minimum Gasteiger partial charge on any atom is -0.465 e. The Morgan fingerprint density at radius 3 is 2.75 bits per heavy atom. The molecule has 0 spiro atoms. The number of nitrogens with one attached hydrogen (secondary N) is 3. The van der Waals surface area contributed by atoms with Crippen molar-refractivity contribution in [2.45, 2.75) is 58.5 Å². The zero-order valence-electron chi connectivity index (χ0n) is 16.3. The zero-order chi connectivity index (χ0) is 20.3. The molecule has 1 aliphatic rings. The number of carbonyl (C=O) groups excluding carboxylic acids is 1. The lowest BCUT2D eigenvalue weighted by Gasteiger charge is -2.27. The first-order valence-electron chi connectivity index (χ1n) is 9.53. The maximum atomic E-state index is 12.7. The second kappa shape index (κ2) is 8.37. The highest BCUT2D eigenvalue weighted by atomic mass is 16.4. The minimum atomic E-state index is -1.06. The number of aryl methyl sites for hydroxylation is 1. The first-order valence-corrected chi connectivity index (χ1v) is 9.53. The van der Waals surface area contributed by atoms with Gasteiger partial charge in [0.2, 0.25) is 11.9 Å². The second-order valence-electron chi connectivity index (χ2n) is 7.54. The summed E-state index contributed by atoms with van der Waals surface area (Å²) in [6.45, 7) is 5.94. The molecular formula is C19H26N6O3. The number of carboxylic acid groups (broad SMARTS) is 1. The molecule has 2 aromatic rings. The number of rotatable bonds is 5. The number of hydrogen-bond donors (Lipinski definition) is 4. The lowest BCUT2D eigenvalue weighted by atomic mass is 9.85. The van der Waals surface area contributed by atoms with Gasteiger partial charge in [-0.3, -0.25) is 10.1 Å². The molecule has 3 rings (SSSR count). The Balaban J connectivity index is 1.77. The van der Waals surface area contributed by atoms with E-state index in [4.69, 9.17) is 5.11 Å². The van der Waals surface area contributed by atoms with Gasteiger partial charge in [-0.05, 0) is 46.1 Å². The van der Waals surface area contributed by atoms with Crippen molar-refractivity contribution in [2.75, 3.05) is 10.6 Å². The number of nitrogens with zero attached hydrogens (tertiary/aromatic N) is 3. The van der Waals surface area contributed by atoms with Crippen LogP contribution in [0.25, 0.3) is 10.9 Å². The van der Waals surface area contributed by atoms with Gasteiger partial charge in [-0.2, -0.15) is 0 Å². The first kappa shape index (κ1) is 19.8. The van der Waals surface area contributed by atoms with E-state index in [0.717, 1.165) is 30.3 Å². The molecule has 0 unspecified atom stereocenters. The monoisotopic (exact) mass is 386 g/mol. The molecule has 2 amide bonds. The molecule has 2 heterocycles. The normalized spacial score (nSPS) is 19.4. The smallest absolute Gasteiger partial charge is 0.404 e. The molecule has 9 nitrogen and oxygen atoms in total. The van der Waals surface area contributed by atoms with E-state index in [9.17, 15) is 9.59 Å². The molecule has 28 heavy (non-hydrogen) atoms. The Kier molecular flexibility index (Phi) is 5.91. The van der Waals surface area contributed by atoms with E-state index in [1.54, 1.807) is 6.20 Å². The van der Waals surface area contributed by atoms with Crippen molar-refractivity contribution in [3.63, 3.8) is 0 Å². The van der Waals surface area contributed by atoms with Crippen LogP contribution in [0.15, 0.2) is 12.3 Å². The summed E-state index contributed by atoms with van der Waals surface area (Å²) in [4.78, 5) is 36.8. The van der Waals surface area contributed by atoms with Crippen LogP contribution in [0, 0.1) is 12.8 Å². The molecule has 9 heteroatoms. The predicted octanol–water partition coefficient (Wildman–Crippen LogP) is 2.92. The summed E-state index contributed by atoms with van der Waals surface area (Å²) in [5.74, 6) is 0.429. The van der Waals surface area contributed by atoms with Crippen LogP contribution in [0.2, 0.25) is 0 Å². The van der Waals surface area contributed by atoms with Gasteiger partial charge in [-0.25, -0.2) is 19.7 Å². The van der Waals surface area contributed by atoms with Crippen LogP contribution in [0.5, 0.6) is 0 Å². The molecule has 2 atom stereocenters. The van der Waals surface area contributed by atoms with Crippen LogP contribution < -0.4 is 16.0 Å². The molecule has 150 valence electrons. The molecule has 1 fully saturated rings. The molecule has 0 bridgehead atoms. The summed E-state index contributed by atoms with van der Waals surface area (Å²) < 4.78 is 0. The number of amides is 2. The Labute approximate surface area is 163 Å². The first-order chi connectivity index (χ1) is 13.3. The van der Waals surface area contributed by atoms with Gasteiger partial charge in [-0.1, -0.05) is 6.42 Å². The number of aromatic nitrogens is 3. The molecular weight excluding hydrogens is 360 g/mol. The van der Waals surface area contributed by atoms with Crippen LogP contribution >= 0.6 is 0 Å². The highest BCUT2D eigenvalue weighted by Crippen LogP contribution is 2.26. The van der Waals surface area contributed by atoms with Crippen molar-refractivity contribution < 1.29 is 14.7 Å². The second-order valence-corrected chi connectivity index (χ2v) is 7.54. The van der Waals surface area contributed by atoms with Crippen LogP contribution in [-0.4, -0.2) is 44.1 Å². The molecule has 0 saturated heterocycles. The minimum absolute atomic E-state index is 0.185. The molecule has 1 saturated carbocycles. The van der Waals surface area contributed by atoms with Gasteiger partial charge >= 0.3 is 6.09 Å². The maximum Gasteiger partial charge on any atom is 0.404 e. The SMILES string of the molecule is Cc1cc2cnc(NC(=O)[C@H]3CCC[C@@H](NC(=O)O)C3)nc2c(NC(C)C)n1. The highest BCUT2D eigenvalue weighted by molar-refractivity contribution is 5.93. The van der Waals surface area contributed by atoms with Gasteiger partial charge in [0.15, 0.2) is 5.82 Å². The van der Waals surface area contributed by atoms with E-state index in [2.05, 4.69) is 30.9 Å². The molecule has 4 N–H and O–H groups in total. The third-order valence-electron chi connectivity index (χ3n) is 4.73. The fraction of sp³-hybridized carbons (Fsp3) is 0.526. The number of fused-ring (bicyclic) bond motifs is 1. The van der Waals surface area contributed by atoms with Gasteiger partial charge in [-0.15, -0.1) is 0 Å². The Hall–Kier alpha value is -2.97. The van der Waals surface area contributed by atoms with Crippen molar-refractivity contribution >= 4 is 34.7 Å². The number of hydrogen-bond acceptors (Lipinski definition) is 6. The zero-order valence-corrected chi connectivity index (χ0v) is 16.3. The summed E-state index contributed by atoms with van der Waals surface area (Å²) in [5, 5.41) is 18.3. The van der Waals surface area contributed by atoms with Crippen LogP contribution in [0.4, 0.5) is 16.6 Å². The summed E-state index contributed by atoms with van der Waals surface area (Å²) in [5.41, 5.74) is 1.51. The van der Waals surface area contributed by atoms with E-state index < -0.39 is 6.09 Å². The Bertz CT molecular complexity index is 885. The van der Waals surface area contributed by atoms with Crippen molar-refractivity contribution in [2.24, 2.45) is 5.92 Å². The Morgan fingerprint density at radius 2 is 2.04 bits per heavy atom. The molecule has 2 aromatic heterocycles. The molecule has 0 radical (unpaired) electrons. The highest BCUT2D eigenvalue weighted by Gasteiger charge is 2.28. The maximum absolute atomic E-state index is 12.7. The van der Waals surface area contributed by atoms with Crippen molar-refractivity contribution in [1.29, 1.82) is 0 Å². The lowest BCUT2D eigenvalue weighted by Crippen LogP contribution is -2.40. The summed E-state index contributed by atoms with van der Waals surface area (Å²) in [6.07, 6.45) is 3.36. The third-order valence-corrected chi connectivity index (χ3v) is 4.73. The summed E-state index contributed by atoms with van der Waals surface area (Å²) >= 11 is 0. The van der Waals surface area contributed by atoms with Crippen LogP contribution in [-0.2, 0) is 4.79 Å². The standard InChI is InChI=1S/C19H26N6O3/c1-10(2)21-16-15-13(7-11(3)22-16)9-20-18(24-15)25-17(26)12-5-4-6-14(8-12)23-19(27)28/h7,9-10,12,14,23H,4-6,8H2,1-3H3,(H,21,22)(H,27,28)(H,20,24,25,26)/t12-,14+/m0/s1. The fourth-order valence-electron chi connectivity index (χ4n) is 3.55. The van der Waals surface area contributed by atoms with Gasteiger partial charge in [0, 0.05) is 35.3 Å². The average Bonchev–Trinajstić information content (AvgIpc) is 2.61. The lowest BCUT2D eigenvalue weighted by molar-refractivity contribution is -0.121. The van der Waals surface area contributed by atoms with Gasteiger partial charge in [0.05, 0.1) is 0 Å². The Morgan fingerprint density at radius 1 is 1.25 bits per heavy atom. The number of anilines is 2. The van der Waals surface area contributed by atoms with E-state index in [0.29, 0.717) is 17.8 Å². The topological polar surface area (TPSA) is 129 Å². The van der Waals surface area contributed by atoms with E-state index >= 15 is 0 Å². The van der Waals surface area contributed by atoms with Crippen molar-refractivity contribution in [3.8, 4) is 0 Å². The van der Waals surface area contributed by atoms with Gasteiger partial charge < -0.3 is 15.7 Å². The fourth-order valence-corrected chi connectivity index (χ4v) is 3.55. The van der Waals surface area contributed by atoms with Crippen LogP contribution in [0.1, 0.15) is 45.2 Å². The predicted molar refractivity (Wildman–Crippen MR) is 106 cm³/mol. The quantitative estimate of drug-likeness (QED) is 0.622. The number of carbonyl (C=O) groups is 2. The largest absolute Gasteiger partial charge is 0.465 e. The summed E-state index contributed by atoms with van der Waals surface area (Å²) in [7, 11) is 0. The molecule has 1 aliphatic carbocycles. The van der Waals surface area contributed by atoms with E-state index in [1.807, 2.05) is 26.8 Å². The van der Waals surface area contributed by atoms with Gasteiger partial charge in [0.25, 0.3) is 0 Å².